The van der Waals surface area contributed by atoms with E-state index in [0.29, 0.717) is 30.1 Å². The van der Waals surface area contributed by atoms with Crippen LogP contribution in [0.3, 0.4) is 0 Å². The zero-order chi connectivity index (χ0) is 13.6. The number of hydrogen-bond donors (Lipinski definition) is 2. The largest absolute Gasteiger partial charge is 0.399 e. The number of likely N-dealkylation sites (tertiary alicyclic amines) is 1. The smallest absolute Gasteiger partial charge is 0.264 e. The molecular weight excluding hydrogens is 260 g/mol. The maximum absolute atomic E-state index is 12.3. The van der Waals surface area contributed by atoms with Gasteiger partial charge in [-0.15, -0.1) is 11.3 Å². The number of β-amino-alcohol motifs (C(OH)–C–C–N with tert-alkyl or cyclic N) is 1. The second-order valence-corrected chi connectivity index (χ2v) is 6.23. The summed E-state index contributed by atoms with van der Waals surface area (Å²) in [6.07, 6.45) is 0.680. The third-order valence-electron chi connectivity index (χ3n) is 3.67. The van der Waals surface area contributed by atoms with Crippen LogP contribution >= 0.6 is 11.3 Å². The van der Waals surface area contributed by atoms with E-state index in [-0.39, 0.29) is 5.91 Å². The molecule has 3 N–H and O–H groups in total. The van der Waals surface area contributed by atoms with Gasteiger partial charge in [-0.25, -0.2) is 0 Å². The third-order valence-corrected chi connectivity index (χ3v) is 4.77. The monoisotopic (exact) mass is 276 g/mol. The number of rotatable bonds is 2. The van der Waals surface area contributed by atoms with Crippen LogP contribution in [0.1, 0.15) is 23.0 Å². The zero-order valence-corrected chi connectivity index (χ0v) is 11.5. The summed E-state index contributed by atoms with van der Waals surface area (Å²) in [5, 5.41) is 11.0. The lowest BCUT2D eigenvalue weighted by atomic mass is 9.91. The lowest BCUT2D eigenvalue weighted by molar-refractivity contribution is -0.0824. The number of nitrogens with two attached hydrogens (primary N) is 1. The van der Waals surface area contributed by atoms with E-state index < -0.39 is 5.60 Å². The van der Waals surface area contributed by atoms with Gasteiger partial charge in [-0.2, -0.15) is 0 Å². The number of hydrogen-bond acceptors (Lipinski definition) is 4. The molecule has 2 heterocycles. The molecule has 3 rings (SSSR count). The molecule has 0 spiro atoms. The number of fused-ring (bicyclic) bond motifs is 1. The Balaban J connectivity index is 1.83. The Kier molecular flexibility index (Phi) is 2.76. The first-order valence-electron chi connectivity index (χ1n) is 6.31. The second kappa shape index (κ2) is 4.21. The quantitative estimate of drug-likeness (QED) is 0.825. The van der Waals surface area contributed by atoms with E-state index in [2.05, 4.69) is 0 Å². The third kappa shape index (κ3) is 2.09. The van der Waals surface area contributed by atoms with Gasteiger partial charge in [0, 0.05) is 10.4 Å². The Bertz CT molecular complexity index is 644. The van der Waals surface area contributed by atoms with E-state index in [4.69, 9.17) is 5.73 Å². The first kappa shape index (κ1) is 12.4. The molecule has 1 aromatic carbocycles. The molecule has 1 saturated heterocycles. The molecule has 19 heavy (non-hydrogen) atoms. The summed E-state index contributed by atoms with van der Waals surface area (Å²) in [4.78, 5) is 14.7. The molecule has 100 valence electrons. The van der Waals surface area contributed by atoms with Crippen molar-refractivity contribution in [1.82, 2.24) is 4.90 Å². The number of amides is 1. The first-order valence-corrected chi connectivity index (χ1v) is 7.13. The summed E-state index contributed by atoms with van der Waals surface area (Å²) in [5.41, 5.74) is 5.75. The Morgan fingerprint density at radius 1 is 1.47 bits per heavy atom. The number of anilines is 1. The molecule has 5 heteroatoms. The predicted molar refractivity (Wildman–Crippen MR) is 77.4 cm³/mol. The summed E-state index contributed by atoms with van der Waals surface area (Å²) in [5.74, 6) is -0.00195. The fraction of sp³-hybridized carbons (Fsp3) is 0.357. The lowest BCUT2D eigenvalue weighted by Gasteiger charge is -2.45. The number of thiophene rings is 1. The van der Waals surface area contributed by atoms with Crippen molar-refractivity contribution in [2.75, 3.05) is 18.8 Å². The SMILES string of the molecule is CCC1(O)CN(C(=O)c2cc3cc(N)ccc3s2)C1. The fourth-order valence-corrected chi connectivity index (χ4v) is 3.37. The maximum Gasteiger partial charge on any atom is 0.264 e. The standard InChI is InChI=1S/C14H16N2O2S/c1-2-14(18)7-16(8-14)13(17)12-6-9-5-10(15)3-4-11(9)19-12/h3-6,18H,2,7-8,15H2,1H3. The van der Waals surface area contributed by atoms with Gasteiger partial charge in [0.25, 0.3) is 5.91 Å². The molecule has 0 atom stereocenters. The predicted octanol–water partition coefficient (Wildman–Crippen LogP) is 2.08. The minimum atomic E-state index is -0.684. The van der Waals surface area contributed by atoms with Gasteiger partial charge in [0.05, 0.1) is 23.6 Å². The number of carbonyl (C=O) groups excluding carboxylic acids is 1. The Labute approximate surface area is 115 Å². The van der Waals surface area contributed by atoms with Crippen LogP contribution in [-0.4, -0.2) is 34.6 Å². The van der Waals surface area contributed by atoms with E-state index >= 15 is 0 Å². The van der Waals surface area contributed by atoms with Crippen molar-refractivity contribution in [3.63, 3.8) is 0 Å². The van der Waals surface area contributed by atoms with E-state index in [1.54, 1.807) is 4.90 Å². The minimum Gasteiger partial charge on any atom is -0.399 e. The van der Waals surface area contributed by atoms with E-state index in [1.807, 2.05) is 31.2 Å². The number of nitrogens with zero attached hydrogens (tertiary/aromatic N) is 1. The molecule has 2 aromatic rings. The topological polar surface area (TPSA) is 66.6 Å². The molecule has 0 unspecified atom stereocenters. The highest BCUT2D eigenvalue weighted by atomic mass is 32.1. The van der Waals surface area contributed by atoms with Crippen LogP contribution in [0.4, 0.5) is 5.69 Å². The number of benzene rings is 1. The lowest BCUT2D eigenvalue weighted by Crippen LogP contribution is -2.63. The highest BCUT2D eigenvalue weighted by Gasteiger charge is 2.42. The van der Waals surface area contributed by atoms with Crippen molar-refractivity contribution in [1.29, 1.82) is 0 Å². The molecule has 1 aromatic heterocycles. The number of nitrogen functional groups attached to an aromatic ring is 1. The van der Waals surface area contributed by atoms with E-state index in [0.717, 1.165) is 10.1 Å². The van der Waals surface area contributed by atoms with Gasteiger partial charge in [0.2, 0.25) is 0 Å². The summed E-state index contributed by atoms with van der Waals surface area (Å²) in [6, 6.07) is 7.53. The molecule has 1 fully saturated rings. The van der Waals surface area contributed by atoms with Gasteiger partial charge in [-0.3, -0.25) is 4.79 Å². The summed E-state index contributed by atoms with van der Waals surface area (Å²) in [7, 11) is 0. The molecule has 0 saturated carbocycles. The first-order chi connectivity index (χ1) is 9.00. The normalized spacial score (nSPS) is 17.5. The van der Waals surface area contributed by atoms with Gasteiger partial charge in [0.1, 0.15) is 0 Å². The molecule has 1 amide bonds. The number of aliphatic hydroxyl groups is 1. The molecule has 4 nitrogen and oxygen atoms in total. The average molecular weight is 276 g/mol. The van der Waals surface area contributed by atoms with E-state index in [9.17, 15) is 9.90 Å². The Morgan fingerprint density at radius 2 is 2.21 bits per heavy atom. The fourth-order valence-electron chi connectivity index (χ4n) is 2.35. The van der Waals surface area contributed by atoms with Crippen molar-refractivity contribution in [3.8, 4) is 0 Å². The zero-order valence-electron chi connectivity index (χ0n) is 10.7. The number of carbonyl (C=O) groups is 1. The average Bonchev–Trinajstić information content (AvgIpc) is 2.77. The van der Waals surface area contributed by atoms with Gasteiger partial charge in [0.15, 0.2) is 0 Å². The van der Waals surface area contributed by atoms with Gasteiger partial charge in [-0.1, -0.05) is 6.92 Å². The van der Waals surface area contributed by atoms with Gasteiger partial charge >= 0.3 is 0 Å². The second-order valence-electron chi connectivity index (χ2n) is 5.15. The van der Waals surface area contributed by atoms with Crippen molar-refractivity contribution in [3.05, 3.63) is 29.1 Å². The maximum atomic E-state index is 12.3. The van der Waals surface area contributed by atoms with Crippen LogP contribution < -0.4 is 5.73 Å². The van der Waals surface area contributed by atoms with Crippen LogP contribution in [0.2, 0.25) is 0 Å². The molecule has 0 bridgehead atoms. The summed E-state index contributed by atoms with van der Waals surface area (Å²) in [6.45, 7) is 2.79. The highest BCUT2D eigenvalue weighted by molar-refractivity contribution is 7.20. The van der Waals surface area contributed by atoms with Crippen molar-refractivity contribution < 1.29 is 9.90 Å². The van der Waals surface area contributed by atoms with Gasteiger partial charge < -0.3 is 15.7 Å². The van der Waals surface area contributed by atoms with Crippen molar-refractivity contribution in [2.45, 2.75) is 18.9 Å². The minimum absolute atomic E-state index is 0.00195. The Morgan fingerprint density at radius 3 is 2.89 bits per heavy atom. The summed E-state index contributed by atoms with van der Waals surface area (Å²) < 4.78 is 1.06. The van der Waals surface area contributed by atoms with Crippen LogP contribution in [0.15, 0.2) is 24.3 Å². The molecule has 1 aliphatic rings. The van der Waals surface area contributed by atoms with Crippen molar-refractivity contribution >= 4 is 33.0 Å². The highest BCUT2D eigenvalue weighted by Crippen LogP contribution is 2.31. The Hall–Kier alpha value is -1.59. The van der Waals surface area contributed by atoms with Gasteiger partial charge in [-0.05, 0) is 36.1 Å². The van der Waals surface area contributed by atoms with Crippen LogP contribution in [-0.2, 0) is 0 Å². The van der Waals surface area contributed by atoms with Crippen LogP contribution in [0.5, 0.6) is 0 Å². The molecule has 0 aliphatic carbocycles. The van der Waals surface area contributed by atoms with Crippen LogP contribution in [0, 0.1) is 0 Å². The molecular formula is C14H16N2O2S. The summed E-state index contributed by atoms with van der Waals surface area (Å²) >= 11 is 1.47. The molecule has 1 aliphatic heterocycles. The molecule has 0 radical (unpaired) electrons. The van der Waals surface area contributed by atoms with Crippen molar-refractivity contribution in [2.24, 2.45) is 0 Å². The van der Waals surface area contributed by atoms with Crippen LogP contribution in [0.25, 0.3) is 10.1 Å². The van der Waals surface area contributed by atoms with E-state index in [1.165, 1.54) is 11.3 Å².